The Bertz CT molecular complexity index is 437. The standard InChI is InChI=1S/C9H6Cl2F3NO2/c10-5-2-1-4(3-6(5)11)7(9(12,13)14)15-8(16)17/h1-3,7,15H,(H,16,17)/p-1. The molecule has 1 unspecified atom stereocenters. The van der Waals surface area contributed by atoms with Crippen molar-refractivity contribution in [2.24, 2.45) is 0 Å². The topological polar surface area (TPSA) is 52.2 Å². The zero-order valence-electron chi connectivity index (χ0n) is 8.02. The van der Waals surface area contributed by atoms with Crippen molar-refractivity contribution in [3.63, 3.8) is 0 Å². The normalized spacial score (nSPS) is 13.2. The van der Waals surface area contributed by atoms with Gasteiger partial charge in [0.15, 0.2) is 0 Å². The highest BCUT2D eigenvalue weighted by atomic mass is 35.5. The van der Waals surface area contributed by atoms with Crippen molar-refractivity contribution in [1.82, 2.24) is 5.32 Å². The highest BCUT2D eigenvalue weighted by Crippen LogP contribution is 2.35. The molecule has 1 rings (SSSR count). The average Bonchev–Trinajstić information content (AvgIpc) is 2.17. The molecule has 0 saturated heterocycles. The van der Waals surface area contributed by atoms with Crippen LogP contribution in [0.1, 0.15) is 11.6 Å². The Labute approximate surface area is 104 Å². The van der Waals surface area contributed by atoms with Gasteiger partial charge in [-0.1, -0.05) is 29.3 Å². The van der Waals surface area contributed by atoms with Crippen molar-refractivity contribution in [3.8, 4) is 0 Å². The van der Waals surface area contributed by atoms with E-state index in [4.69, 9.17) is 23.2 Å². The Morgan fingerprint density at radius 3 is 2.29 bits per heavy atom. The molecular weight excluding hydrogens is 282 g/mol. The first kappa shape index (κ1) is 13.9. The molecule has 0 radical (unpaired) electrons. The zero-order valence-corrected chi connectivity index (χ0v) is 9.53. The SMILES string of the molecule is O=C([O-])NC(c1ccc(Cl)c(Cl)c1)C(F)(F)F. The van der Waals surface area contributed by atoms with Gasteiger partial charge in [-0.2, -0.15) is 13.2 Å². The quantitative estimate of drug-likeness (QED) is 0.908. The van der Waals surface area contributed by atoms with E-state index in [0.717, 1.165) is 18.2 Å². The minimum Gasteiger partial charge on any atom is -0.530 e. The monoisotopic (exact) mass is 286 g/mol. The summed E-state index contributed by atoms with van der Waals surface area (Å²) < 4.78 is 37.7. The smallest absolute Gasteiger partial charge is 0.412 e. The Balaban J connectivity index is 3.13. The second kappa shape index (κ2) is 5.01. The molecule has 0 spiro atoms. The summed E-state index contributed by atoms with van der Waals surface area (Å²) >= 11 is 11.1. The first-order valence-electron chi connectivity index (χ1n) is 4.21. The van der Waals surface area contributed by atoms with Crippen molar-refractivity contribution in [2.75, 3.05) is 0 Å². The molecule has 1 atom stereocenters. The van der Waals surface area contributed by atoms with Crippen LogP contribution in [0.15, 0.2) is 18.2 Å². The number of nitrogens with one attached hydrogen (secondary N) is 1. The van der Waals surface area contributed by atoms with Gasteiger partial charge in [0.2, 0.25) is 0 Å². The van der Waals surface area contributed by atoms with E-state index in [1.807, 2.05) is 0 Å². The van der Waals surface area contributed by atoms with Crippen molar-refractivity contribution < 1.29 is 23.1 Å². The summed E-state index contributed by atoms with van der Waals surface area (Å²) in [5.74, 6) is 0. The predicted octanol–water partition coefficient (Wildman–Crippen LogP) is 2.53. The number of carboxylic acid groups (broad SMARTS) is 1. The van der Waals surface area contributed by atoms with Gasteiger partial charge in [0, 0.05) is 0 Å². The number of amides is 1. The molecule has 3 nitrogen and oxygen atoms in total. The second-order valence-corrected chi connectivity index (χ2v) is 3.89. The van der Waals surface area contributed by atoms with Crippen molar-refractivity contribution in [1.29, 1.82) is 0 Å². The summed E-state index contributed by atoms with van der Waals surface area (Å²) in [6, 6.07) is 0.720. The number of carbonyl (C=O) groups excluding carboxylic acids is 1. The molecule has 1 amide bonds. The maximum Gasteiger partial charge on any atom is 0.412 e. The Morgan fingerprint density at radius 1 is 1.29 bits per heavy atom. The lowest BCUT2D eigenvalue weighted by Gasteiger charge is -2.23. The summed E-state index contributed by atoms with van der Waals surface area (Å²) in [5.41, 5.74) is -0.365. The number of carbonyl (C=O) groups is 1. The third-order valence-corrected chi connectivity index (χ3v) is 2.61. The maximum atomic E-state index is 12.6. The van der Waals surface area contributed by atoms with Crippen LogP contribution in [0, 0.1) is 0 Å². The molecule has 1 aromatic rings. The fourth-order valence-corrected chi connectivity index (χ4v) is 1.47. The van der Waals surface area contributed by atoms with E-state index in [1.54, 1.807) is 0 Å². The zero-order chi connectivity index (χ0) is 13.2. The average molecular weight is 287 g/mol. The van der Waals surface area contributed by atoms with Gasteiger partial charge in [0.05, 0.1) is 10.0 Å². The summed E-state index contributed by atoms with van der Waals surface area (Å²) in [6.45, 7) is 0. The fraction of sp³-hybridized carbons (Fsp3) is 0.222. The van der Waals surface area contributed by atoms with E-state index in [1.165, 1.54) is 5.32 Å². The van der Waals surface area contributed by atoms with Gasteiger partial charge in [-0.05, 0) is 17.7 Å². The number of alkyl halides is 3. The number of hydrogen-bond donors (Lipinski definition) is 1. The molecule has 0 bridgehead atoms. The maximum absolute atomic E-state index is 12.6. The lowest BCUT2D eigenvalue weighted by molar-refractivity contribution is -0.257. The van der Waals surface area contributed by atoms with E-state index >= 15 is 0 Å². The van der Waals surface area contributed by atoms with Crippen LogP contribution in [0.25, 0.3) is 0 Å². The highest BCUT2D eigenvalue weighted by Gasteiger charge is 2.41. The highest BCUT2D eigenvalue weighted by molar-refractivity contribution is 6.42. The first-order valence-corrected chi connectivity index (χ1v) is 4.96. The molecule has 0 aromatic heterocycles. The Morgan fingerprint density at radius 2 is 1.88 bits per heavy atom. The predicted molar refractivity (Wildman–Crippen MR) is 53.8 cm³/mol. The van der Waals surface area contributed by atoms with Gasteiger partial charge in [-0.3, -0.25) is 0 Å². The molecular formula is C9H5Cl2F3NO2-. The summed E-state index contributed by atoms with van der Waals surface area (Å²) in [4.78, 5) is 10.2. The Kier molecular flexibility index (Phi) is 4.11. The van der Waals surface area contributed by atoms with E-state index in [2.05, 4.69) is 0 Å². The number of benzene rings is 1. The minimum atomic E-state index is -4.79. The van der Waals surface area contributed by atoms with E-state index in [-0.39, 0.29) is 15.6 Å². The molecule has 17 heavy (non-hydrogen) atoms. The molecule has 8 heteroatoms. The summed E-state index contributed by atoms with van der Waals surface area (Å²) in [6.07, 6.45) is -6.82. The molecule has 0 saturated carbocycles. The third kappa shape index (κ3) is 3.67. The van der Waals surface area contributed by atoms with Crippen molar-refractivity contribution in [2.45, 2.75) is 12.2 Å². The summed E-state index contributed by atoms with van der Waals surface area (Å²) in [7, 11) is 0. The van der Waals surface area contributed by atoms with Gasteiger partial charge in [0.1, 0.15) is 12.1 Å². The molecule has 0 heterocycles. The van der Waals surface area contributed by atoms with Crippen LogP contribution in [0.3, 0.4) is 0 Å². The lowest BCUT2D eigenvalue weighted by Crippen LogP contribution is -2.44. The molecule has 1 aromatic carbocycles. The van der Waals surface area contributed by atoms with Crippen LogP contribution in [0.4, 0.5) is 18.0 Å². The van der Waals surface area contributed by atoms with Gasteiger partial charge >= 0.3 is 6.18 Å². The molecule has 0 aliphatic rings. The van der Waals surface area contributed by atoms with Gasteiger partial charge < -0.3 is 15.2 Å². The van der Waals surface area contributed by atoms with Gasteiger partial charge in [-0.25, -0.2) is 0 Å². The molecule has 0 fully saturated rings. The largest absolute Gasteiger partial charge is 0.530 e. The third-order valence-electron chi connectivity index (χ3n) is 1.87. The molecule has 1 N–H and O–H groups in total. The van der Waals surface area contributed by atoms with E-state index in [0.29, 0.717) is 0 Å². The Hall–Kier alpha value is -1.14. The number of rotatable bonds is 2. The van der Waals surface area contributed by atoms with Gasteiger partial charge in [0.25, 0.3) is 0 Å². The van der Waals surface area contributed by atoms with Crippen LogP contribution in [0.5, 0.6) is 0 Å². The fourth-order valence-electron chi connectivity index (χ4n) is 1.16. The van der Waals surface area contributed by atoms with Crippen LogP contribution >= 0.6 is 23.2 Å². The van der Waals surface area contributed by atoms with Crippen LogP contribution < -0.4 is 10.4 Å². The van der Waals surface area contributed by atoms with E-state index in [9.17, 15) is 23.1 Å². The van der Waals surface area contributed by atoms with E-state index < -0.39 is 18.3 Å². The second-order valence-electron chi connectivity index (χ2n) is 3.08. The molecule has 0 aliphatic carbocycles. The van der Waals surface area contributed by atoms with Gasteiger partial charge in [-0.15, -0.1) is 0 Å². The first-order chi connectivity index (χ1) is 7.71. The summed E-state index contributed by atoms with van der Waals surface area (Å²) in [5, 5.41) is 11.4. The van der Waals surface area contributed by atoms with Crippen molar-refractivity contribution in [3.05, 3.63) is 33.8 Å². The number of hydrogen-bond acceptors (Lipinski definition) is 2. The van der Waals surface area contributed by atoms with Crippen LogP contribution in [0.2, 0.25) is 10.0 Å². The lowest BCUT2D eigenvalue weighted by atomic mass is 10.1. The van der Waals surface area contributed by atoms with Crippen molar-refractivity contribution >= 4 is 29.3 Å². The molecule has 0 aliphatic heterocycles. The molecule has 94 valence electrons. The number of halogens is 5. The van der Waals surface area contributed by atoms with Crippen LogP contribution in [-0.2, 0) is 0 Å². The van der Waals surface area contributed by atoms with Crippen LogP contribution in [-0.4, -0.2) is 12.3 Å². The minimum absolute atomic E-state index is 0.0739.